The molecule has 1 aromatic carbocycles. The maximum atomic E-state index is 12.4. The van der Waals surface area contributed by atoms with Gasteiger partial charge in [-0.1, -0.05) is 11.6 Å². The van der Waals surface area contributed by atoms with Gasteiger partial charge in [-0.15, -0.1) is 0 Å². The third kappa shape index (κ3) is 4.77. The molecular weight excluding hydrogens is 382 g/mol. The average Bonchev–Trinajstić information content (AvgIpc) is 2.61. The van der Waals surface area contributed by atoms with Gasteiger partial charge in [0.15, 0.2) is 0 Å². The van der Waals surface area contributed by atoms with Crippen LogP contribution in [0.1, 0.15) is 32.4 Å². The molecule has 0 bridgehead atoms. The van der Waals surface area contributed by atoms with Gasteiger partial charge in [0, 0.05) is 27.7 Å². The number of hydrogen-bond donors (Lipinski definition) is 3. The van der Waals surface area contributed by atoms with Gasteiger partial charge in [-0.05, 0) is 51.1 Å². The molecule has 0 aliphatic heterocycles. The van der Waals surface area contributed by atoms with Crippen molar-refractivity contribution < 1.29 is 9.53 Å². The van der Waals surface area contributed by atoms with Gasteiger partial charge in [-0.25, -0.2) is 9.78 Å². The Morgan fingerprint density at radius 2 is 2.00 bits per heavy atom. The lowest BCUT2D eigenvalue weighted by molar-refractivity contribution is 0.130. The van der Waals surface area contributed by atoms with E-state index in [0.717, 1.165) is 5.39 Å². The Bertz CT molecular complexity index is 1070. The van der Waals surface area contributed by atoms with Crippen molar-refractivity contribution in [2.45, 2.75) is 32.9 Å². The number of aromatic nitrogens is 3. The van der Waals surface area contributed by atoms with Gasteiger partial charge in [-0.2, -0.15) is 4.98 Å². The van der Waals surface area contributed by atoms with Gasteiger partial charge in [0.1, 0.15) is 5.82 Å². The molecule has 1 amide bonds. The number of aromatic amines is 1. The van der Waals surface area contributed by atoms with Crippen LogP contribution >= 0.6 is 11.6 Å². The van der Waals surface area contributed by atoms with Crippen LogP contribution in [0.4, 0.5) is 16.6 Å². The average molecular weight is 402 g/mol. The number of H-pyrrole nitrogens is 1. The van der Waals surface area contributed by atoms with Gasteiger partial charge in [-0.3, -0.25) is 10.1 Å². The van der Waals surface area contributed by atoms with E-state index < -0.39 is 6.09 Å². The van der Waals surface area contributed by atoms with E-state index >= 15 is 0 Å². The van der Waals surface area contributed by atoms with Gasteiger partial charge in [0.2, 0.25) is 5.95 Å². The monoisotopic (exact) mass is 401 g/mol. The molecule has 2 heterocycles. The normalized spacial score (nSPS) is 12.0. The number of hydrogen-bond acceptors (Lipinski definition) is 6. The highest BCUT2D eigenvalue weighted by Crippen LogP contribution is 2.21. The Morgan fingerprint density at radius 1 is 1.21 bits per heavy atom. The summed E-state index contributed by atoms with van der Waals surface area (Å²) in [6, 6.07) is 8.20. The number of ether oxygens (including phenoxy) is 1. The first-order chi connectivity index (χ1) is 13.3. The summed E-state index contributed by atoms with van der Waals surface area (Å²) in [5, 5.41) is 7.01. The first-order valence-electron chi connectivity index (χ1n) is 8.71. The number of nitrogens with zero attached hydrogens (tertiary/aromatic N) is 2. The zero-order valence-corrected chi connectivity index (χ0v) is 16.4. The first kappa shape index (κ1) is 19.6. The summed E-state index contributed by atoms with van der Waals surface area (Å²) in [4.78, 5) is 35.3. The number of carbonyl (C=O) groups excluding carboxylic acids is 1. The highest BCUT2D eigenvalue weighted by Gasteiger charge is 2.14. The quantitative estimate of drug-likeness (QED) is 0.593. The molecule has 0 radical (unpaired) electrons. The molecule has 9 heteroatoms. The molecule has 0 saturated heterocycles. The molecule has 0 saturated carbocycles. The van der Waals surface area contributed by atoms with E-state index in [0.29, 0.717) is 16.1 Å². The Balaban J connectivity index is 1.79. The Labute approximate surface area is 166 Å². The number of anilines is 2. The number of benzene rings is 1. The minimum absolute atomic E-state index is 0.218. The standard InChI is InChI=1S/C19H20ClN5O3/c1-10(2)28-19(27)25-16-6-7-21-18(24-16)22-11(3)14-9-12-8-13(20)4-5-15(12)23-17(14)26/h4-11H,1-3H3,(H,23,26)(H2,21,22,24,25,27)/t11-/m0/s1. The highest BCUT2D eigenvalue weighted by atomic mass is 35.5. The SMILES string of the molecule is CC(C)OC(=O)Nc1ccnc(N[C@@H](C)c2cc3cc(Cl)ccc3[nH]c2=O)n1. The molecule has 0 aliphatic carbocycles. The van der Waals surface area contributed by atoms with Gasteiger partial charge < -0.3 is 15.0 Å². The maximum absolute atomic E-state index is 12.4. The first-order valence-corrected chi connectivity index (χ1v) is 9.09. The molecule has 0 unspecified atom stereocenters. The fraction of sp³-hybridized carbons (Fsp3) is 0.263. The zero-order chi connectivity index (χ0) is 20.3. The predicted octanol–water partition coefficient (Wildman–Crippen LogP) is 4.10. The molecule has 0 aliphatic rings. The van der Waals surface area contributed by atoms with Crippen LogP contribution in [0.5, 0.6) is 0 Å². The van der Waals surface area contributed by atoms with E-state index in [9.17, 15) is 9.59 Å². The third-order valence-corrected chi connectivity index (χ3v) is 4.11. The third-order valence-electron chi connectivity index (χ3n) is 3.88. The summed E-state index contributed by atoms with van der Waals surface area (Å²) >= 11 is 6.04. The van der Waals surface area contributed by atoms with Crippen molar-refractivity contribution in [1.29, 1.82) is 0 Å². The van der Waals surface area contributed by atoms with Crippen LogP contribution in [-0.4, -0.2) is 27.1 Å². The predicted molar refractivity (Wildman–Crippen MR) is 109 cm³/mol. The second kappa shape index (κ2) is 8.26. The molecule has 146 valence electrons. The van der Waals surface area contributed by atoms with Crippen molar-refractivity contribution >= 4 is 40.4 Å². The van der Waals surface area contributed by atoms with E-state index in [1.54, 1.807) is 44.2 Å². The van der Waals surface area contributed by atoms with Crippen LogP contribution < -0.4 is 16.2 Å². The van der Waals surface area contributed by atoms with E-state index in [2.05, 4.69) is 25.6 Å². The zero-order valence-electron chi connectivity index (χ0n) is 15.6. The van der Waals surface area contributed by atoms with Crippen LogP contribution in [0.3, 0.4) is 0 Å². The van der Waals surface area contributed by atoms with E-state index in [-0.39, 0.29) is 29.5 Å². The van der Waals surface area contributed by atoms with Gasteiger partial charge >= 0.3 is 6.09 Å². The largest absolute Gasteiger partial charge is 0.447 e. The Morgan fingerprint density at radius 3 is 2.75 bits per heavy atom. The van der Waals surface area contributed by atoms with Crippen LogP contribution in [0, 0.1) is 0 Å². The van der Waals surface area contributed by atoms with Crippen molar-refractivity contribution in [3.05, 3.63) is 57.5 Å². The van der Waals surface area contributed by atoms with Crippen LogP contribution in [0.15, 0.2) is 41.3 Å². The number of pyridine rings is 1. The minimum atomic E-state index is -0.601. The molecule has 3 N–H and O–H groups in total. The summed E-state index contributed by atoms with van der Waals surface area (Å²) in [6.07, 6.45) is 0.653. The van der Waals surface area contributed by atoms with Gasteiger partial charge in [0.25, 0.3) is 5.56 Å². The van der Waals surface area contributed by atoms with Crippen molar-refractivity contribution in [1.82, 2.24) is 15.0 Å². The Kier molecular flexibility index (Phi) is 5.79. The van der Waals surface area contributed by atoms with Crippen molar-refractivity contribution in [2.24, 2.45) is 0 Å². The van der Waals surface area contributed by atoms with Crippen LogP contribution in [0.2, 0.25) is 5.02 Å². The molecule has 28 heavy (non-hydrogen) atoms. The van der Waals surface area contributed by atoms with Crippen LogP contribution in [-0.2, 0) is 4.74 Å². The lowest BCUT2D eigenvalue weighted by Crippen LogP contribution is -2.21. The lowest BCUT2D eigenvalue weighted by atomic mass is 10.1. The smallest absolute Gasteiger partial charge is 0.413 e. The lowest BCUT2D eigenvalue weighted by Gasteiger charge is -2.15. The summed E-state index contributed by atoms with van der Waals surface area (Å²) < 4.78 is 5.02. The van der Waals surface area contributed by atoms with E-state index in [1.807, 2.05) is 6.92 Å². The number of halogens is 1. The molecule has 1 atom stereocenters. The fourth-order valence-electron chi connectivity index (χ4n) is 2.63. The number of amides is 1. The number of nitrogens with one attached hydrogen (secondary N) is 3. The van der Waals surface area contributed by atoms with Crippen LogP contribution in [0.25, 0.3) is 10.9 Å². The summed E-state index contributed by atoms with van der Waals surface area (Å²) in [6.45, 7) is 5.32. The highest BCUT2D eigenvalue weighted by molar-refractivity contribution is 6.31. The van der Waals surface area contributed by atoms with Crippen molar-refractivity contribution in [3.8, 4) is 0 Å². The summed E-state index contributed by atoms with van der Waals surface area (Å²) in [7, 11) is 0. The molecular formula is C19H20ClN5O3. The number of carbonyl (C=O) groups is 1. The summed E-state index contributed by atoms with van der Waals surface area (Å²) in [5.41, 5.74) is 0.997. The second-order valence-corrected chi connectivity index (χ2v) is 6.93. The van der Waals surface area contributed by atoms with Crippen molar-refractivity contribution in [2.75, 3.05) is 10.6 Å². The van der Waals surface area contributed by atoms with E-state index in [1.165, 1.54) is 6.20 Å². The molecule has 3 aromatic rings. The van der Waals surface area contributed by atoms with E-state index in [4.69, 9.17) is 16.3 Å². The minimum Gasteiger partial charge on any atom is -0.447 e. The van der Waals surface area contributed by atoms with Crippen molar-refractivity contribution in [3.63, 3.8) is 0 Å². The molecule has 3 rings (SSSR count). The molecule has 0 fully saturated rings. The fourth-order valence-corrected chi connectivity index (χ4v) is 2.81. The molecule has 0 spiro atoms. The summed E-state index contributed by atoms with van der Waals surface area (Å²) in [5.74, 6) is 0.551. The Hall–Kier alpha value is -3.13. The second-order valence-electron chi connectivity index (χ2n) is 6.50. The number of rotatable bonds is 5. The maximum Gasteiger partial charge on any atom is 0.413 e. The van der Waals surface area contributed by atoms with Gasteiger partial charge in [0.05, 0.1) is 12.1 Å². The topological polar surface area (TPSA) is 109 Å². The number of fused-ring (bicyclic) bond motifs is 1. The molecule has 2 aromatic heterocycles. The molecule has 8 nitrogen and oxygen atoms in total.